The lowest BCUT2D eigenvalue weighted by molar-refractivity contribution is 0.232. The van der Waals surface area contributed by atoms with E-state index in [1.165, 1.54) is 44.5 Å². The molecule has 2 N–H and O–H groups in total. The zero-order chi connectivity index (χ0) is 19.6. The second-order valence-electron chi connectivity index (χ2n) is 6.81. The zero-order valence-corrected chi connectivity index (χ0v) is 19.1. The minimum atomic E-state index is -0.294. The number of nitrogens with zero attached hydrogens (tertiary/aromatic N) is 3. The molecule has 2 heterocycles. The summed E-state index contributed by atoms with van der Waals surface area (Å²) in [7, 11) is 1.77. The molecule has 1 aromatic carbocycles. The Balaban J connectivity index is 0.00000300. The smallest absolute Gasteiger partial charge is 0.219 e. The number of rotatable bonds is 7. The van der Waals surface area contributed by atoms with Crippen LogP contribution in [0.2, 0.25) is 0 Å². The summed E-state index contributed by atoms with van der Waals surface area (Å²) >= 11 is 0. The fourth-order valence-electron chi connectivity index (χ4n) is 3.16. The minimum Gasteiger partial charge on any atom is -0.439 e. The molecule has 1 aliphatic heterocycles. The number of hydrogen-bond acceptors (Lipinski definition) is 4. The molecule has 6 nitrogen and oxygen atoms in total. The molecular formula is C21H29FIN5O. The predicted octanol–water partition coefficient (Wildman–Crippen LogP) is 3.78. The van der Waals surface area contributed by atoms with Crippen LogP contribution in [0.5, 0.6) is 11.6 Å². The fourth-order valence-corrected chi connectivity index (χ4v) is 3.16. The first-order valence-corrected chi connectivity index (χ1v) is 9.78. The average Bonchev–Trinajstić information content (AvgIpc) is 2.73. The molecule has 0 unspecified atom stereocenters. The summed E-state index contributed by atoms with van der Waals surface area (Å²) in [6.07, 6.45) is 5.66. The number of pyridine rings is 1. The third-order valence-corrected chi connectivity index (χ3v) is 4.69. The predicted molar refractivity (Wildman–Crippen MR) is 125 cm³/mol. The average molecular weight is 513 g/mol. The highest BCUT2D eigenvalue weighted by Crippen LogP contribution is 2.20. The van der Waals surface area contributed by atoms with Gasteiger partial charge in [0.25, 0.3) is 0 Å². The van der Waals surface area contributed by atoms with Gasteiger partial charge in [-0.2, -0.15) is 0 Å². The molecule has 0 bridgehead atoms. The number of nitrogens with one attached hydrogen (secondary N) is 2. The quantitative estimate of drug-likeness (QED) is 0.335. The van der Waals surface area contributed by atoms with Crippen LogP contribution >= 0.6 is 24.0 Å². The summed E-state index contributed by atoms with van der Waals surface area (Å²) in [5, 5.41) is 6.67. The van der Waals surface area contributed by atoms with E-state index in [-0.39, 0.29) is 29.8 Å². The van der Waals surface area contributed by atoms with Crippen LogP contribution in [-0.4, -0.2) is 49.1 Å². The Labute approximate surface area is 189 Å². The zero-order valence-electron chi connectivity index (χ0n) is 16.7. The molecule has 1 aromatic heterocycles. The normalized spacial score (nSPS) is 14.8. The highest BCUT2D eigenvalue weighted by molar-refractivity contribution is 14.0. The highest BCUT2D eigenvalue weighted by atomic mass is 127. The van der Waals surface area contributed by atoms with Crippen molar-refractivity contribution in [2.45, 2.75) is 25.8 Å². The first-order valence-electron chi connectivity index (χ1n) is 9.78. The molecule has 1 saturated heterocycles. The molecule has 8 heteroatoms. The second kappa shape index (κ2) is 12.6. The Kier molecular flexibility index (Phi) is 10.1. The SMILES string of the molecule is CN=C(NCCN1CCCCC1)NCc1ccnc(Oc2ccc(F)cc2)c1.I. The van der Waals surface area contributed by atoms with Gasteiger partial charge < -0.3 is 20.3 Å². The largest absolute Gasteiger partial charge is 0.439 e. The van der Waals surface area contributed by atoms with Crippen LogP contribution in [0, 0.1) is 5.82 Å². The maximum absolute atomic E-state index is 13.0. The van der Waals surface area contributed by atoms with Gasteiger partial charge in [0.05, 0.1) is 0 Å². The first kappa shape index (κ1) is 23.3. The Hall–Kier alpha value is -1.94. The molecule has 158 valence electrons. The molecule has 0 saturated carbocycles. The summed E-state index contributed by atoms with van der Waals surface area (Å²) in [6, 6.07) is 9.66. The topological polar surface area (TPSA) is 61.8 Å². The van der Waals surface area contributed by atoms with E-state index in [0.717, 1.165) is 24.6 Å². The summed E-state index contributed by atoms with van der Waals surface area (Å²) < 4.78 is 18.7. The van der Waals surface area contributed by atoms with Gasteiger partial charge in [0.2, 0.25) is 5.88 Å². The van der Waals surface area contributed by atoms with Crippen molar-refractivity contribution in [3.05, 3.63) is 54.0 Å². The molecule has 0 radical (unpaired) electrons. The standard InChI is InChI=1S/C21H28FN5O.HI/c1-23-21(25-11-14-27-12-3-2-4-13-27)26-16-17-9-10-24-20(15-17)28-19-7-5-18(22)6-8-19;/h5-10,15H,2-4,11-14,16H2,1H3,(H2,23,25,26);1H. The van der Waals surface area contributed by atoms with Gasteiger partial charge in [-0.15, -0.1) is 24.0 Å². The third kappa shape index (κ3) is 8.14. The van der Waals surface area contributed by atoms with Crippen molar-refractivity contribution in [2.75, 3.05) is 33.2 Å². The van der Waals surface area contributed by atoms with Crippen LogP contribution in [0.15, 0.2) is 47.6 Å². The number of ether oxygens (including phenoxy) is 1. The van der Waals surface area contributed by atoms with Crippen molar-refractivity contribution >= 4 is 29.9 Å². The number of likely N-dealkylation sites (tertiary alicyclic amines) is 1. The van der Waals surface area contributed by atoms with Crippen molar-refractivity contribution in [3.63, 3.8) is 0 Å². The van der Waals surface area contributed by atoms with Gasteiger partial charge in [0, 0.05) is 38.9 Å². The van der Waals surface area contributed by atoms with Crippen LogP contribution < -0.4 is 15.4 Å². The highest BCUT2D eigenvalue weighted by Gasteiger charge is 2.09. The van der Waals surface area contributed by atoms with Crippen LogP contribution in [0.4, 0.5) is 4.39 Å². The molecule has 0 spiro atoms. The third-order valence-electron chi connectivity index (χ3n) is 4.69. The van der Waals surface area contributed by atoms with Gasteiger partial charge in [-0.05, 0) is 61.8 Å². The van der Waals surface area contributed by atoms with E-state index in [1.54, 1.807) is 25.4 Å². The molecule has 0 aliphatic carbocycles. The van der Waals surface area contributed by atoms with Crippen LogP contribution in [0.1, 0.15) is 24.8 Å². The number of hydrogen-bond donors (Lipinski definition) is 2. The molecular weight excluding hydrogens is 484 g/mol. The molecule has 1 aliphatic rings. The van der Waals surface area contributed by atoms with Crippen LogP contribution in [0.3, 0.4) is 0 Å². The molecule has 0 atom stereocenters. The number of aromatic nitrogens is 1. The van der Waals surface area contributed by atoms with E-state index in [0.29, 0.717) is 18.2 Å². The van der Waals surface area contributed by atoms with E-state index in [4.69, 9.17) is 4.74 Å². The monoisotopic (exact) mass is 513 g/mol. The maximum atomic E-state index is 13.0. The summed E-state index contributed by atoms with van der Waals surface area (Å²) in [4.78, 5) is 11.0. The van der Waals surface area contributed by atoms with Crippen molar-refractivity contribution in [2.24, 2.45) is 4.99 Å². The van der Waals surface area contributed by atoms with Gasteiger partial charge in [0.1, 0.15) is 11.6 Å². The molecule has 1 fully saturated rings. The minimum absolute atomic E-state index is 0. The Morgan fingerprint density at radius 1 is 1.14 bits per heavy atom. The lowest BCUT2D eigenvalue weighted by atomic mass is 10.1. The van der Waals surface area contributed by atoms with E-state index in [1.807, 2.05) is 12.1 Å². The van der Waals surface area contributed by atoms with Crippen LogP contribution in [-0.2, 0) is 6.54 Å². The number of benzene rings is 1. The second-order valence-corrected chi connectivity index (χ2v) is 6.81. The molecule has 29 heavy (non-hydrogen) atoms. The summed E-state index contributed by atoms with van der Waals surface area (Å²) in [6.45, 7) is 4.90. The van der Waals surface area contributed by atoms with Gasteiger partial charge in [-0.3, -0.25) is 4.99 Å². The van der Waals surface area contributed by atoms with Gasteiger partial charge in [-0.1, -0.05) is 6.42 Å². The number of guanidine groups is 1. The van der Waals surface area contributed by atoms with E-state index in [9.17, 15) is 4.39 Å². The van der Waals surface area contributed by atoms with Crippen molar-refractivity contribution in [1.29, 1.82) is 0 Å². The Morgan fingerprint density at radius 2 is 1.90 bits per heavy atom. The van der Waals surface area contributed by atoms with E-state index >= 15 is 0 Å². The fraction of sp³-hybridized carbons (Fsp3) is 0.429. The lowest BCUT2D eigenvalue weighted by Crippen LogP contribution is -2.42. The molecule has 0 amide bonds. The maximum Gasteiger partial charge on any atom is 0.219 e. The number of halogens is 2. The Bertz CT molecular complexity index is 766. The van der Waals surface area contributed by atoms with Gasteiger partial charge in [-0.25, -0.2) is 9.37 Å². The van der Waals surface area contributed by atoms with Crippen molar-refractivity contribution in [3.8, 4) is 11.6 Å². The molecule has 2 aromatic rings. The van der Waals surface area contributed by atoms with Crippen LogP contribution in [0.25, 0.3) is 0 Å². The number of piperidine rings is 1. The lowest BCUT2D eigenvalue weighted by Gasteiger charge is -2.26. The summed E-state index contributed by atoms with van der Waals surface area (Å²) in [5.74, 6) is 1.50. The van der Waals surface area contributed by atoms with Gasteiger partial charge >= 0.3 is 0 Å². The number of aliphatic imine (C=N–C) groups is 1. The summed E-state index contributed by atoms with van der Waals surface area (Å²) in [5.41, 5.74) is 1.02. The van der Waals surface area contributed by atoms with E-state index < -0.39 is 0 Å². The Morgan fingerprint density at radius 3 is 2.62 bits per heavy atom. The molecule has 3 rings (SSSR count). The van der Waals surface area contributed by atoms with Crippen molar-refractivity contribution in [1.82, 2.24) is 20.5 Å². The first-order chi connectivity index (χ1) is 13.7. The van der Waals surface area contributed by atoms with Crippen molar-refractivity contribution < 1.29 is 9.13 Å². The van der Waals surface area contributed by atoms with E-state index in [2.05, 4.69) is 25.5 Å². The van der Waals surface area contributed by atoms with Gasteiger partial charge in [0.15, 0.2) is 5.96 Å².